The van der Waals surface area contributed by atoms with E-state index < -0.39 is 0 Å². The van der Waals surface area contributed by atoms with Crippen LogP contribution in [-0.2, 0) is 13.1 Å². The van der Waals surface area contributed by atoms with Crippen molar-refractivity contribution in [2.24, 2.45) is 11.8 Å². The summed E-state index contributed by atoms with van der Waals surface area (Å²) in [4.78, 5) is 6.98. The van der Waals surface area contributed by atoms with E-state index in [0.717, 1.165) is 26.2 Å². The third kappa shape index (κ3) is 4.90. The summed E-state index contributed by atoms with van der Waals surface area (Å²) in [6, 6.07) is 0. The maximum Gasteiger partial charge on any atom is 0.122 e. The molecule has 0 saturated heterocycles. The lowest BCUT2D eigenvalue weighted by Crippen LogP contribution is -2.32. The average Bonchev–Trinajstić information content (AvgIpc) is 2.62. The van der Waals surface area contributed by atoms with E-state index in [9.17, 15) is 0 Å². The Balaban J connectivity index is 2.64. The molecule has 0 aliphatic heterocycles. The molecule has 0 bridgehead atoms. The van der Waals surface area contributed by atoms with E-state index in [1.165, 1.54) is 5.82 Å². The van der Waals surface area contributed by atoms with E-state index in [-0.39, 0.29) is 0 Å². The first-order valence-electron chi connectivity index (χ1n) is 6.75. The van der Waals surface area contributed by atoms with Gasteiger partial charge >= 0.3 is 0 Å². The van der Waals surface area contributed by atoms with Crippen LogP contribution in [0.25, 0.3) is 0 Å². The molecule has 0 unspecified atom stereocenters. The van der Waals surface area contributed by atoms with E-state index in [2.05, 4.69) is 55.3 Å². The average molecular weight is 237 g/mol. The van der Waals surface area contributed by atoms with Gasteiger partial charge in [0, 0.05) is 32.0 Å². The van der Waals surface area contributed by atoms with Crippen LogP contribution in [0.1, 0.15) is 40.4 Å². The van der Waals surface area contributed by atoms with Crippen molar-refractivity contribution in [3.05, 3.63) is 18.2 Å². The molecule has 1 aromatic heterocycles. The molecule has 17 heavy (non-hydrogen) atoms. The lowest BCUT2D eigenvalue weighted by molar-refractivity contribution is 0.204. The minimum Gasteiger partial charge on any atom is -0.334 e. The van der Waals surface area contributed by atoms with Crippen molar-refractivity contribution in [2.75, 3.05) is 13.1 Å². The van der Waals surface area contributed by atoms with Gasteiger partial charge in [-0.25, -0.2) is 4.98 Å². The number of aromatic nitrogens is 2. The first kappa shape index (κ1) is 14.2. The van der Waals surface area contributed by atoms with Gasteiger partial charge in [-0.15, -0.1) is 0 Å². The second kappa shape index (κ2) is 6.80. The van der Waals surface area contributed by atoms with Crippen LogP contribution in [0.4, 0.5) is 0 Å². The van der Waals surface area contributed by atoms with Gasteiger partial charge in [0.1, 0.15) is 5.82 Å². The minimum absolute atomic E-state index is 0.707. The molecule has 1 aromatic rings. The van der Waals surface area contributed by atoms with Crippen molar-refractivity contribution in [1.29, 1.82) is 0 Å². The molecule has 0 saturated carbocycles. The van der Waals surface area contributed by atoms with Gasteiger partial charge in [-0.05, 0) is 18.8 Å². The molecular formula is C14H27N3. The van der Waals surface area contributed by atoms with Gasteiger partial charge in [0.25, 0.3) is 0 Å². The zero-order valence-electron chi connectivity index (χ0n) is 12.0. The second-order valence-corrected chi connectivity index (χ2v) is 5.61. The molecule has 3 nitrogen and oxygen atoms in total. The number of hydrogen-bond donors (Lipinski definition) is 0. The van der Waals surface area contributed by atoms with Crippen molar-refractivity contribution >= 4 is 0 Å². The fourth-order valence-corrected chi connectivity index (χ4v) is 2.22. The zero-order valence-corrected chi connectivity index (χ0v) is 12.0. The van der Waals surface area contributed by atoms with Gasteiger partial charge < -0.3 is 4.57 Å². The summed E-state index contributed by atoms with van der Waals surface area (Å²) in [5.41, 5.74) is 0. The topological polar surface area (TPSA) is 21.1 Å². The minimum atomic E-state index is 0.707. The van der Waals surface area contributed by atoms with Crippen molar-refractivity contribution in [3.63, 3.8) is 0 Å². The van der Waals surface area contributed by atoms with Crippen LogP contribution in [0.3, 0.4) is 0 Å². The summed E-state index contributed by atoms with van der Waals surface area (Å²) in [7, 11) is 0. The first-order valence-corrected chi connectivity index (χ1v) is 6.75. The Kier molecular flexibility index (Phi) is 5.69. The molecule has 0 N–H and O–H groups in total. The highest BCUT2D eigenvalue weighted by atomic mass is 15.2. The highest BCUT2D eigenvalue weighted by Gasteiger charge is 2.12. The summed E-state index contributed by atoms with van der Waals surface area (Å²) in [5, 5.41) is 0. The number of imidazole rings is 1. The SMILES string of the molecule is CCn1ccnc1CN(CC(C)C)CC(C)C. The molecular weight excluding hydrogens is 210 g/mol. The maximum absolute atomic E-state index is 4.46. The van der Waals surface area contributed by atoms with Crippen molar-refractivity contribution in [1.82, 2.24) is 14.5 Å². The monoisotopic (exact) mass is 237 g/mol. The number of nitrogens with zero attached hydrogens (tertiary/aromatic N) is 3. The number of hydrogen-bond acceptors (Lipinski definition) is 2. The van der Waals surface area contributed by atoms with Gasteiger partial charge in [-0.2, -0.15) is 0 Å². The van der Waals surface area contributed by atoms with Crippen molar-refractivity contribution in [2.45, 2.75) is 47.7 Å². The van der Waals surface area contributed by atoms with Crippen LogP contribution in [-0.4, -0.2) is 27.5 Å². The Morgan fingerprint density at radius 2 is 1.76 bits per heavy atom. The van der Waals surface area contributed by atoms with E-state index in [0.29, 0.717) is 11.8 Å². The normalized spacial score (nSPS) is 12.0. The van der Waals surface area contributed by atoms with Crippen LogP contribution >= 0.6 is 0 Å². The van der Waals surface area contributed by atoms with Gasteiger partial charge in [-0.1, -0.05) is 27.7 Å². The lowest BCUT2D eigenvalue weighted by Gasteiger charge is -2.25. The quantitative estimate of drug-likeness (QED) is 0.727. The summed E-state index contributed by atoms with van der Waals surface area (Å²) in [6.45, 7) is 15.5. The van der Waals surface area contributed by atoms with Gasteiger partial charge in [0.05, 0.1) is 6.54 Å². The van der Waals surface area contributed by atoms with Crippen molar-refractivity contribution < 1.29 is 0 Å². The number of aryl methyl sites for hydroxylation is 1. The predicted octanol–water partition coefficient (Wildman–Crippen LogP) is 3.02. The molecule has 0 radical (unpaired) electrons. The molecule has 98 valence electrons. The molecule has 0 fully saturated rings. The number of rotatable bonds is 7. The first-order chi connectivity index (χ1) is 8.02. The zero-order chi connectivity index (χ0) is 12.8. The third-order valence-corrected chi connectivity index (χ3v) is 2.75. The second-order valence-electron chi connectivity index (χ2n) is 5.61. The molecule has 0 aromatic carbocycles. The van der Waals surface area contributed by atoms with Crippen LogP contribution in [0.15, 0.2) is 12.4 Å². The van der Waals surface area contributed by atoms with Gasteiger partial charge in [0.15, 0.2) is 0 Å². The molecule has 3 heteroatoms. The molecule has 0 spiro atoms. The Bertz CT molecular complexity index is 305. The van der Waals surface area contributed by atoms with E-state index in [1.54, 1.807) is 0 Å². The summed E-state index contributed by atoms with van der Waals surface area (Å²) in [5.74, 6) is 2.60. The Morgan fingerprint density at radius 3 is 2.24 bits per heavy atom. The van der Waals surface area contributed by atoms with Crippen LogP contribution < -0.4 is 0 Å². The molecule has 0 aliphatic carbocycles. The summed E-state index contributed by atoms with van der Waals surface area (Å²) >= 11 is 0. The highest BCUT2D eigenvalue weighted by Crippen LogP contribution is 2.09. The van der Waals surface area contributed by atoms with E-state index in [4.69, 9.17) is 0 Å². The predicted molar refractivity (Wildman–Crippen MR) is 72.9 cm³/mol. The Labute approximate surface area is 106 Å². The summed E-state index contributed by atoms with van der Waals surface area (Å²) < 4.78 is 2.23. The smallest absolute Gasteiger partial charge is 0.122 e. The third-order valence-electron chi connectivity index (χ3n) is 2.75. The standard InChI is InChI=1S/C14H27N3/c1-6-17-8-7-15-14(17)11-16(9-12(2)3)10-13(4)5/h7-8,12-13H,6,9-11H2,1-5H3. The largest absolute Gasteiger partial charge is 0.334 e. The maximum atomic E-state index is 4.46. The fourth-order valence-electron chi connectivity index (χ4n) is 2.22. The van der Waals surface area contributed by atoms with Crippen LogP contribution in [0, 0.1) is 11.8 Å². The fraction of sp³-hybridized carbons (Fsp3) is 0.786. The van der Waals surface area contributed by atoms with Crippen molar-refractivity contribution in [3.8, 4) is 0 Å². The molecule has 0 amide bonds. The van der Waals surface area contributed by atoms with E-state index in [1.807, 2.05) is 6.20 Å². The van der Waals surface area contributed by atoms with Gasteiger partial charge in [-0.3, -0.25) is 4.90 Å². The lowest BCUT2D eigenvalue weighted by atomic mass is 10.1. The molecule has 1 heterocycles. The molecule has 1 rings (SSSR count). The Morgan fingerprint density at radius 1 is 1.18 bits per heavy atom. The molecule has 0 aliphatic rings. The van der Waals surface area contributed by atoms with Crippen LogP contribution in [0.5, 0.6) is 0 Å². The summed E-state index contributed by atoms with van der Waals surface area (Å²) in [6.07, 6.45) is 3.97. The van der Waals surface area contributed by atoms with E-state index >= 15 is 0 Å². The highest BCUT2D eigenvalue weighted by molar-refractivity contribution is 4.92. The molecule has 0 atom stereocenters. The van der Waals surface area contributed by atoms with Crippen LogP contribution in [0.2, 0.25) is 0 Å². The van der Waals surface area contributed by atoms with Gasteiger partial charge in [0.2, 0.25) is 0 Å². The Hall–Kier alpha value is -0.830.